The Morgan fingerprint density at radius 3 is 1.77 bits per heavy atom. The fourth-order valence-electron chi connectivity index (χ4n) is 3.34. The SMILES string of the molecule is CCCCCCCCCCCCCCCCP(I)c1cccc(OC)c1. The fraction of sp³-hybridized carbons (Fsp3) is 0.739. The number of ether oxygens (including phenoxy) is 1. The smallest absolute Gasteiger partial charge is 0.119 e. The normalized spacial score (nSPS) is 12.3. The fourth-order valence-corrected chi connectivity index (χ4v) is 6.53. The van der Waals surface area contributed by atoms with E-state index in [9.17, 15) is 0 Å². The van der Waals surface area contributed by atoms with E-state index in [1.54, 1.807) is 7.11 Å². The molecule has 0 spiro atoms. The first-order chi connectivity index (χ1) is 12.8. The highest BCUT2D eigenvalue weighted by atomic mass is 127. The molecule has 1 atom stereocenters. The number of unbranched alkanes of at least 4 members (excludes halogenated alkanes) is 13. The van der Waals surface area contributed by atoms with Crippen molar-refractivity contribution in [2.24, 2.45) is 0 Å². The second kappa shape index (κ2) is 17.3. The van der Waals surface area contributed by atoms with E-state index >= 15 is 0 Å². The summed E-state index contributed by atoms with van der Waals surface area (Å²) in [4.78, 5) is 0. The summed E-state index contributed by atoms with van der Waals surface area (Å²) in [6, 6.07) is 8.62. The standard InChI is InChI=1S/C23H40IOP/c1-3-4-5-6-7-8-9-10-11-12-13-14-15-16-20-26(24)23-19-17-18-22(21-23)25-2/h17-19,21H,3-16,20H2,1-2H3. The molecule has 0 N–H and O–H groups in total. The Balaban J connectivity index is 1.88. The van der Waals surface area contributed by atoms with Gasteiger partial charge in [-0.05, 0) is 57.6 Å². The van der Waals surface area contributed by atoms with E-state index in [-0.39, 0.29) is 5.56 Å². The number of hydrogen-bond donors (Lipinski definition) is 0. The van der Waals surface area contributed by atoms with E-state index in [0.29, 0.717) is 0 Å². The number of halogens is 1. The summed E-state index contributed by atoms with van der Waals surface area (Å²) in [7, 11) is 1.75. The van der Waals surface area contributed by atoms with Crippen LogP contribution < -0.4 is 10.0 Å². The Hall–Kier alpha value is 0.180. The molecule has 1 unspecified atom stereocenters. The largest absolute Gasteiger partial charge is 0.497 e. The van der Waals surface area contributed by atoms with Crippen molar-refractivity contribution in [3.05, 3.63) is 24.3 Å². The molecule has 26 heavy (non-hydrogen) atoms. The van der Waals surface area contributed by atoms with Gasteiger partial charge in [-0.2, -0.15) is 0 Å². The van der Waals surface area contributed by atoms with E-state index in [2.05, 4.69) is 47.2 Å². The molecule has 0 bridgehead atoms. The van der Waals surface area contributed by atoms with Crippen molar-refractivity contribution in [2.75, 3.05) is 13.3 Å². The first kappa shape index (κ1) is 24.2. The first-order valence-corrected chi connectivity index (χ1v) is 15.2. The molecule has 0 heterocycles. The minimum Gasteiger partial charge on any atom is -0.497 e. The lowest BCUT2D eigenvalue weighted by molar-refractivity contribution is 0.415. The Bertz CT molecular complexity index is 438. The summed E-state index contributed by atoms with van der Waals surface area (Å²) >= 11 is 2.65. The Morgan fingerprint density at radius 1 is 0.769 bits per heavy atom. The number of benzene rings is 1. The topological polar surface area (TPSA) is 9.23 Å². The van der Waals surface area contributed by atoms with Crippen LogP contribution in [0, 0.1) is 0 Å². The lowest BCUT2D eigenvalue weighted by atomic mass is 10.0. The van der Waals surface area contributed by atoms with Gasteiger partial charge in [-0.3, -0.25) is 0 Å². The highest BCUT2D eigenvalue weighted by Gasteiger charge is 2.07. The van der Waals surface area contributed by atoms with E-state index in [1.807, 2.05) is 6.07 Å². The molecular formula is C23H40IOP. The molecule has 1 aromatic rings. The van der Waals surface area contributed by atoms with Crippen LogP contribution in [0.2, 0.25) is 0 Å². The van der Waals surface area contributed by atoms with Crippen molar-refractivity contribution in [2.45, 2.75) is 96.8 Å². The van der Waals surface area contributed by atoms with Gasteiger partial charge in [-0.15, -0.1) is 0 Å². The van der Waals surface area contributed by atoms with Crippen LogP contribution >= 0.6 is 27.6 Å². The van der Waals surface area contributed by atoms with Crippen molar-refractivity contribution >= 4 is 32.9 Å². The van der Waals surface area contributed by atoms with Crippen molar-refractivity contribution in [3.8, 4) is 5.75 Å². The van der Waals surface area contributed by atoms with E-state index in [1.165, 1.54) is 101 Å². The van der Waals surface area contributed by atoms with Crippen LogP contribution in [0.1, 0.15) is 96.8 Å². The third kappa shape index (κ3) is 12.5. The third-order valence-electron chi connectivity index (χ3n) is 5.04. The highest BCUT2D eigenvalue weighted by molar-refractivity contribution is 14.2. The second-order valence-corrected chi connectivity index (χ2v) is 12.6. The monoisotopic (exact) mass is 490 g/mol. The van der Waals surface area contributed by atoms with Crippen LogP contribution in [-0.4, -0.2) is 13.3 Å². The Labute approximate surface area is 177 Å². The maximum atomic E-state index is 5.34. The molecule has 3 heteroatoms. The van der Waals surface area contributed by atoms with Gasteiger partial charge in [0.25, 0.3) is 0 Å². The molecular weight excluding hydrogens is 450 g/mol. The van der Waals surface area contributed by atoms with Gasteiger partial charge in [0.2, 0.25) is 0 Å². The van der Waals surface area contributed by atoms with E-state index in [4.69, 9.17) is 4.74 Å². The molecule has 1 rings (SSSR count). The maximum Gasteiger partial charge on any atom is 0.119 e. The molecule has 0 saturated carbocycles. The first-order valence-electron chi connectivity index (χ1n) is 10.8. The zero-order valence-corrected chi connectivity index (χ0v) is 20.2. The third-order valence-corrected chi connectivity index (χ3v) is 9.71. The molecule has 0 aromatic heterocycles. The average Bonchev–Trinajstić information content (AvgIpc) is 2.68. The summed E-state index contributed by atoms with van der Waals surface area (Å²) in [6.45, 7) is 2.29. The predicted molar refractivity (Wildman–Crippen MR) is 129 cm³/mol. The van der Waals surface area contributed by atoms with Gasteiger partial charge in [-0.1, -0.05) is 103 Å². The van der Waals surface area contributed by atoms with Gasteiger partial charge in [0.15, 0.2) is 0 Å². The molecule has 0 saturated heterocycles. The lowest BCUT2D eigenvalue weighted by Gasteiger charge is -2.11. The molecule has 0 fully saturated rings. The molecule has 1 aromatic carbocycles. The molecule has 0 aliphatic rings. The van der Waals surface area contributed by atoms with Crippen LogP contribution in [0.5, 0.6) is 5.75 Å². The van der Waals surface area contributed by atoms with Gasteiger partial charge >= 0.3 is 0 Å². The number of methoxy groups -OCH3 is 1. The zero-order chi connectivity index (χ0) is 18.9. The van der Waals surface area contributed by atoms with Gasteiger partial charge in [0.1, 0.15) is 5.75 Å². The molecule has 1 nitrogen and oxygen atoms in total. The van der Waals surface area contributed by atoms with Crippen molar-refractivity contribution in [1.29, 1.82) is 0 Å². The quantitative estimate of drug-likeness (QED) is 0.121. The number of rotatable bonds is 17. The average molecular weight is 490 g/mol. The maximum absolute atomic E-state index is 5.34. The number of hydrogen-bond acceptors (Lipinski definition) is 1. The lowest BCUT2D eigenvalue weighted by Crippen LogP contribution is -2.00. The molecule has 0 aliphatic heterocycles. The van der Waals surface area contributed by atoms with Crippen LogP contribution in [0.25, 0.3) is 0 Å². The van der Waals surface area contributed by atoms with E-state index in [0.717, 1.165) is 5.75 Å². The van der Waals surface area contributed by atoms with Gasteiger partial charge in [0.05, 0.1) is 7.11 Å². The predicted octanol–water partition coefficient (Wildman–Crippen LogP) is 8.63. The van der Waals surface area contributed by atoms with Crippen molar-refractivity contribution < 1.29 is 4.74 Å². The second-order valence-electron chi connectivity index (χ2n) is 7.38. The van der Waals surface area contributed by atoms with E-state index < -0.39 is 0 Å². The van der Waals surface area contributed by atoms with Crippen LogP contribution in [0.3, 0.4) is 0 Å². The molecule has 0 aliphatic carbocycles. The van der Waals surface area contributed by atoms with Crippen LogP contribution in [0.15, 0.2) is 24.3 Å². The Morgan fingerprint density at radius 2 is 1.27 bits per heavy atom. The molecule has 0 amide bonds. The zero-order valence-electron chi connectivity index (χ0n) is 17.1. The van der Waals surface area contributed by atoms with Gasteiger partial charge in [0, 0.05) is 0 Å². The van der Waals surface area contributed by atoms with Crippen molar-refractivity contribution in [1.82, 2.24) is 0 Å². The van der Waals surface area contributed by atoms with Gasteiger partial charge < -0.3 is 4.74 Å². The summed E-state index contributed by atoms with van der Waals surface area (Å²) in [5.74, 6) is 0.993. The molecule has 150 valence electrons. The minimum absolute atomic E-state index is 0.0481. The minimum atomic E-state index is -0.0481. The highest BCUT2D eigenvalue weighted by Crippen LogP contribution is 2.45. The molecule has 0 radical (unpaired) electrons. The summed E-state index contributed by atoms with van der Waals surface area (Å²) in [5, 5.41) is 1.47. The van der Waals surface area contributed by atoms with Crippen LogP contribution in [0.4, 0.5) is 0 Å². The Kier molecular flexibility index (Phi) is 16.1. The van der Waals surface area contributed by atoms with Crippen molar-refractivity contribution in [3.63, 3.8) is 0 Å². The van der Waals surface area contributed by atoms with Gasteiger partial charge in [-0.25, -0.2) is 0 Å². The van der Waals surface area contributed by atoms with Crippen LogP contribution in [-0.2, 0) is 0 Å². The summed E-state index contributed by atoms with van der Waals surface area (Å²) in [6.07, 6.45) is 21.5. The summed E-state index contributed by atoms with van der Waals surface area (Å²) in [5.41, 5.74) is -0.0481. The summed E-state index contributed by atoms with van der Waals surface area (Å²) < 4.78 is 5.34.